The molecule has 5 nitrogen and oxygen atoms in total. The summed E-state index contributed by atoms with van der Waals surface area (Å²) >= 11 is 0. The van der Waals surface area contributed by atoms with E-state index in [-0.39, 0.29) is 11.6 Å². The molecule has 0 spiro atoms. The molecule has 21 heavy (non-hydrogen) atoms. The Morgan fingerprint density at radius 2 is 2.00 bits per heavy atom. The van der Waals surface area contributed by atoms with Gasteiger partial charge in [-0.3, -0.25) is 0 Å². The maximum absolute atomic E-state index is 5.65. The molecule has 1 unspecified atom stereocenters. The summed E-state index contributed by atoms with van der Waals surface area (Å²) in [6.45, 7) is 7.29. The number of rotatable bonds is 6. The molecule has 1 saturated carbocycles. The Bertz CT molecular complexity index is 419. The van der Waals surface area contributed by atoms with Gasteiger partial charge in [-0.15, -0.1) is 0 Å². The van der Waals surface area contributed by atoms with Gasteiger partial charge >= 0.3 is 0 Å². The van der Waals surface area contributed by atoms with Gasteiger partial charge in [0, 0.05) is 25.6 Å². The highest BCUT2D eigenvalue weighted by atomic mass is 16.5. The number of nitrogens with zero attached hydrogens (tertiary/aromatic N) is 2. The van der Waals surface area contributed by atoms with Gasteiger partial charge in [-0.05, 0) is 39.5 Å². The van der Waals surface area contributed by atoms with Crippen molar-refractivity contribution in [2.75, 3.05) is 13.7 Å². The number of nitrogens with one attached hydrogen (secondary N) is 1. The maximum Gasteiger partial charge on any atom is 0.228 e. The Hall–Kier alpha value is -0.940. The molecule has 1 aliphatic carbocycles. The van der Waals surface area contributed by atoms with Gasteiger partial charge in [0.25, 0.3) is 0 Å². The van der Waals surface area contributed by atoms with Crippen LogP contribution >= 0.6 is 0 Å². The van der Waals surface area contributed by atoms with Crippen molar-refractivity contribution < 1.29 is 9.26 Å². The predicted octanol–water partition coefficient (Wildman–Crippen LogP) is 3.27. The van der Waals surface area contributed by atoms with Crippen LogP contribution in [0.4, 0.5) is 0 Å². The van der Waals surface area contributed by atoms with Crippen molar-refractivity contribution in [1.29, 1.82) is 0 Å². The smallest absolute Gasteiger partial charge is 0.228 e. The topological polar surface area (TPSA) is 60.2 Å². The highest BCUT2D eigenvalue weighted by Gasteiger charge is 2.28. The van der Waals surface area contributed by atoms with Gasteiger partial charge in [0.1, 0.15) is 6.10 Å². The van der Waals surface area contributed by atoms with Crippen molar-refractivity contribution in [1.82, 2.24) is 15.5 Å². The SMILES string of the molecule is COC(c1noc(CCNC(C)(C)C)n1)C1CCCCC1. The van der Waals surface area contributed by atoms with Gasteiger partial charge in [-0.25, -0.2) is 0 Å². The zero-order chi connectivity index (χ0) is 15.3. The zero-order valence-corrected chi connectivity index (χ0v) is 13.8. The van der Waals surface area contributed by atoms with Crippen LogP contribution in [0.1, 0.15) is 70.7 Å². The first kappa shape index (κ1) is 16.4. The average Bonchev–Trinajstić information content (AvgIpc) is 2.88. The lowest BCUT2D eigenvalue weighted by Crippen LogP contribution is -2.37. The molecule has 0 aromatic carbocycles. The normalized spacial score (nSPS) is 18.9. The summed E-state index contributed by atoms with van der Waals surface area (Å²) in [5, 5.41) is 7.57. The Labute approximate surface area is 127 Å². The van der Waals surface area contributed by atoms with Crippen molar-refractivity contribution in [3.8, 4) is 0 Å². The fraction of sp³-hybridized carbons (Fsp3) is 0.875. The number of hydrogen-bond acceptors (Lipinski definition) is 5. The molecule has 2 rings (SSSR count). The molecular weight excluding hydrogens is 266 g/mol. The van der Waals surface area contributed by atoms with Crippen molar-refractivity contribution in [3.63, 3.8) is 0 Å². The lowest BCUT2D eigenvalue weighted by atomic mass is 9.85. The fourth-order valence-electron chi connectivity index (χ4n) is 2.98. The van der Waals surface area contributed by atoms with E-state index in [0.29, 0.717) is 11.8 Å². The summed E-state index contributed by atoms with van der Waals surface area (Å²) in [5.41, 5.74) is 0.111. The molecule has 1 aromatic heterocycles. The fourth-order valence-corrected chi connectivity index (χ4v) is 2.98. The molecule has 1 heterocycles. The molecule has 0 radical (unpaired) electrons. The third kappa shape index (κ3) is 5.08. The summed E-state index contributed by atoms with van der Waals surface area (Å²) in [6.07, 6.45) is 7.05. The van der Waals surface area contributed by atoms with Gasteiger partial charge in [0.2, 0.25) is 11.7 Å². The summed E-state index contributed by atoms with van der Waals surface area (Å²) in [6, 6.07) is 0. The van der Waals surface area contributed by atoms with Crippen LogP contribution in [0.3, 0.4) is 0 Å². The van der Waals surface area contributed by atoms with Crippen LogP contribution in [0.25, 0.3) is 0 Å². The second-order valence-corrected chi connectivity index (χ2v) is 7.03. The van der Waals surface area contributed by atoms with Crippen molar-refractivity contribution in [3.05, 3.63) is 11.7 Å². The average molecular weight is 295 g/mol. The minimum Gasteiger partial charge on any atom is -0.373 e. The lowest BCUT2D eigenvalue weighted by molar-refractivity contribution is 0.0273. The van der Waals surface area contributed by atoms with Crippen molar-refractivity contribution in [2.45, 2.75) is 70.9 Å². The van der Waals surface area contributed by atoms with Crippen molar-refractivity contribution >= 4 is 0 Å². The van der Waals surface area contributed by atoms with E-state index in [1.165, 1.54) is 32.1 Å². The second-order valence-electron chi connectivity index (χ2n) is 7.03. The van der Waals surface area contributed by atoms with E-state index in [2.05, 4.69) is 36.2 Å². The standard InChI is InChI=1S/C16H29N3O2/c1-16(2,3)17-11-10-13-18-15(19-21-13)14(20-4)12-8-6-5-7-9-12/h12,14,17H,5-11H2,1-4H3. The molecule has 0 saturated heterocycles. The van der Waals surface area contributed by atoms with E-state index in [4.69, 9.17) is 9.26 Å². The van der Waals surface area contributed by atoms with Gasteiger partial charge in [-0.1, -0.05) is 24.4 Å². The van der Waals surface area contributed by atoms with Crippen LogP contribution in [0.15, 0.2) is 4.52 Å². The first-order valence-corrected chi connectivity index (χ1v) is 8.10. The second kappa shape index (κ2) is 7.36. The van der Waals surface area contributed by atoms with Gasteiger partial charge in [0.05, 0.1) is 0 Å². The van der Waals surface area contributed by atoms with Crippen LogP contribution in [-0.4, -0.2) is 29.3 Å². The Balaban J connectivity index is 1.90. The highest BCUT2D eigenvalue weighted by molar-refractivity contribution is 4.95. The van der Waals surface area contributed by atoms with Gasteiger partial charge in [-0.2, -0.15) is 4.98 Å². The Morgan fingerprint density at radius 1 is 1.29 bits per heavy atom. The third-order valence-electron chi connectivity index (χ3n) is 4.06. The third-order valence-corrected chi connectivity index (χ3v) is 4.06. The Morgan fingerprint density at radius 3 is 2.62 bits per heavy atom. The minimum absolute atomic E-state index is 0.0154. The van der Waals surface area contributed by atoms with Crippen LogP contribution in [0.5, 0.6) is 0 Å². The molecular formula is C16H29N3O2. The molecule has 1 N–H and O–H groups in total. The number of aromatic nitrogens is 2. The Kier molecular flexibility index (Phi) is 5.76. The summed E-state index contributed by atoms with van der Waals surface area (Å²) in [4.78, 5) is 4.53. The monoisotopic (exact) mass is 295 g/mol. The maximum atomic E-state index is 5.65. The quantitative estimate of drug-likeness (QED) is 0.872. The molecule has 120 valence electrons. The zero-order valence-electron chi connectivity index (χ0n) is 13.8. The van der Waals surface area contributed by atoms with Crippen molar-refractivity contribution in [2.24, 2.45) is 5.92 Å². The van der Waals surface area contributed by atoms with Crippen LogP contribution in [0, 0.1) is 5.92 Å². The van der Waals surface area contributed by atoms with Gasteiger partial charge in [0.15, 0.2) is 0 Å². The van der Waals surface area contributed by atoms with E-state index in [9.17, 15) is 0 Å². The molecule has 1 aromatic rings. The summed E-state index contributed by atoms with van der Waals surface area (Å²) in [5.74, 6) is 1.94. The minimum atomic E-state index is -0.0154. The molecule has 5 heteroatoms. The van der Waals surface area contributed by atoms with E-state index < -0.39 is 0 Å². The first-order valence-electron chi connectivity index (χ1n) is 8.10. The van der Waals surface area contributed by atoms with E-state index >= 15 is 0 Å². The lowest BCUT2D eigenvalue weighted by Gasteiger charge is -2.26. The van der Waals surface area contributed by atoms with Gasteiger partial charge < -0.3 is 14.6 Å². The van der Waals surface area contributed by atoms with E-state index in [1.54, 1.807) is 7.11 Å². The largest absolute Gasteiger partial charge is 0.373 e. The summed E-state index contributed by atoms with van der Waals surface area (Å²) in [7, 11) is 1.75. The van der Waals surface area contributed by atoms with E-state index in [1.807, 2.05) is 0 Å². The van der Waals surface area contributed by atoms with Crippen LogP contribution in [0.2, 0.25) is 0 Å². The molecule has 0 aliphatic heterocycles. The number of hydrogen-bond donors (Lipinski definition) is 1. The molecule has 0 amide bonds. The van der Waals surface area contributed by atoms with E-state index in [0.717, 1.165) is 18.8 Å². The van der Waals surface area contributed by atoms with Crippen LogP contribution < -0.4 is 5.32 Å². The predicted molar refractivity (Wildman–Crippen MR) is 82.1 cm³/mol. The summed E-state index contributed by atoms with van der Waals surface area (Å²) < 4.78 is 11.0. The molecule has 1 fully saturated rings. The number of methoxy groups -OCH3 is 1. The molecule has 1 atom stereocenters. The van der Waals surface area contributed by atoms with Crippen LogP contribution in [-0.2, 0) is 11.2 Å². The first-order chi connectivity index (χ1) is 9.99. The molecule has 1 aliphatic rings. The highest BCUT2D eigenvalue weighted by Crippen LogP contribution is 2.35. The molecule has 0 bridgehead atoms. The number of ether oxygens (including phenoxy) is 1.